The first-order valence-electron chi connectivity index (χ1n) is 12.0. The van der Waals surface area contributed by atoms with E-state index in [4.69, 9.17) is 4.99 Å². The van der Waals surface area contributed by atoms with Gasteiger partial charge in [-0.15, -0.1) is 0 Å². The van der Waals surface area contributed by atoms with E-state index in [1.165, 1.54) is 22.9 Å². The molecule has 0 bridgehead atoms. The molecule has 1 aliphatic heterocycles. The predicted molar refractivity (Wildman–Crippen MR) is 150 cm³/mol. The first-order chi connectivity index (χ1) is 16.4. The molecule has 2 heterocycles. The number of amidine groups is 1. The van der Waals surface area contributed by atoms with Gasteiger partial charge in [-0.25, -0.2) is 4.99 Å². The van der Waals surface area contributed by atoms with E-state index in [0.29, 0.717) is 10.1 Å². The Morgan fingerprint density at radius 3 is 2.09 bits per heavy atom. The maximum Gasteiger partial charge on any atom is 0.266 e. The van der Waals surface area contributed by atoms with Crippen molar-refractivity contribution in [2.75, 3.05) is 7.05 Å². The molecule has 0 unspecified atom stereocenters. The van der Waals surface area contributed by atoms with E-state index in [2.05, 4.69) is 102 Å². The smallest absolute Gasteiger partial charge is 0.266 e. The van der Waals surface area contributed by atoms with E-state index in [9.17, 15) is 4.79 Å². The monoisotopic (exact) mass is 485 g/mol. The van der Waals surface area contributed by atoms with Crippen LogP contribution in [-0.4, -0.2) is 27.6 Å². The number of carbonyl (C=O) groups excluding carboxylic acids is 1. The molecule has 0 atom stereocenters. The zero-order valence-electron chi connectivity index (χ0n) is 22.3. The third-order valence-electron chi connectivity index (χ3n) is 6.59. The Bertz CT molecular complexity index is 1340. The van der Waals surface area contributed by atoms with Crippen LogP contribution in [0.4, 0.5) is 5.69 Å². The molecule has 1 fully saturated rings. The molecule has 0 saturated carbocycles. The van der Waals surface area contributed by atoms with Crippen LogP contribution >= 0.6 is 11.8 Å². The number of likely N-dealkylation sites (N-methyl/N-ethyl adjacent to an activating group) is 1. The van der Waals surface area contributed by atoms with Crippen molar-refractivity contribution >= 4 is 34.6 Å². The fraction of sp³-hybridized carbons (Fsp3) is 0.333. The molecule has 1 saturated heterocycles. The predicted octanol–water partition coefficient (Wildman–Crippen LogP) is 7.55. The third kappa shape index (κ3) is 4.87. The minimum absolute atomic E-state index is 0.0181. The highest BCUT2D eigenvalue weighted by molar-refractivity contribution is 8.18. The number of nitrogens with zero attached hydrogens (tertiary/aromatic N) is 3. The fourth-order valence-corrected chi connectivity index (χ4v) is 5.64. The van der Waals surface area contributed by atoms with Gasteiger partial charge in [0.1, 0.15) is 0 Å². The highest BCUT2D eigenvalue weighted by atomic mass is 32.2. The number of aliphatic imine (C=N–C) groups is 1. The van der Waals surface area contributed by atoms with E-state index in [0.717, 1.165) is 39.5 Å². The summed E-state index contributed by atoms with van der Waals surface area (Å²) < 4.78 is 2.25. The van der Waals surface area contributed by atoms with Gasteiger partial charge in [0, 0.05) is 24.1 Å². The van der Waals surface area contributed by atoms with E-state index in [-0.39, 0.29) is 11.3 Å². The van der Waals surface area contributed by atoms with Crippen LogP contribution in [0, 0.1) is 34.6 Å². The van der Waals surface area contributed by atoms with Gasteiger partial charge < -0.3 is 4.57 Å². The molecule has 5 heteroatoms. The number of benzene rings is 2. The van der Waals surface area contributed by atoms with Gasteiger partial charge in [-0.1, -0.05) is 50.6 Å². The van der Waals surface area contributed by atoms with Crippen LogP contribution in [0.1, 0.15) is 60.0 Å². The van der Waals surface area contributed by atoms with Crippen molar-refractivity contribution in [1.82, 2.24) is 9.47 Å². The number of hydrogen-bond donors (Lipinski definition) is 0. The largest absolute Gasteiger partial charge is 0.318 e. The molecule has 0 N–H and O–H groups in total. The Kier molecular flexibility index (Phi) is 6.58. The van der Waals surface area contributed by atoms with E-state index in [1.807, 2.05) is 6.08 Å². The Hall–Kier alpha value is -3.05. The van der Waals surface area contributed by atoms with Gasteiger partial charge >= 0.3 is 0 Å². The molecule has 4 rings (SSSR count). The molecule has 1 aliphatic rings. The van der Waals surface area contributed by atoms with Gasteiger partial charge in [0.05, 0.1) is 10.6 Å². The molecule has 0 aliphatic carbocycles. The summed E-state index contributed by atoms with van der Waals surface area (Å²) in [6.07, 6.45) is 2.00. The summed E-state index contributed by atoms with van der Waals surface area (Å²) in [5, 5.41) is 0.711. The van der Waals surface area contributed by atoms with Gasteiger partial charge in [-0.05, 0) is 98.3 Å². The lowest BCUT2D eigenvalue weighted by molar-refractivity contribution is -0.121. The summed E-state index contributed by atoms with van der Waals surface area (Å²) in [6.45, 7) is 17.1. The van der Waals surface area contributed by atoms with Crippen LogP contribution < -0.4 is 0 Å². The molecule has 1 aromatic heterocycles. The fourth-order valence-electron chi connectivity index (χ4n) is 4.68. The summed E-state index contributed by atoms with van der Waals surface area (Å²) in [6, 6.07) is 15.2. The Morgan fingerprint density at radius 1 is 0.914 bits per heavy atom. The van der Waals surface area contributed by atoms with Gasteiger partial charge in [0.2, 0.25) is 0 Å². The number of amides is 1. The number of rotatable bonds is 3. The summed E-state index contributed by atoms with van der Waals surface area (Å²) in [7, 11) is 1.80. The van der Waals surface area contributed by atoms with Crippen molar-refractivity contribution in [3.05, 3.63) is 86.6 Å². The topological polar surface area (TPSA) is 37.6 Å². The van der Waals surface area contributed by atoms with Crippen LogP contribution in [0.2, 0.25) is 0 Å². The quantitative estimate of drug-likeness (QED) is 0.359. The molecule has 2 aromatic carbocycles. The van der Waals surface area contributed by atoms with Crippen molar-refractivity contribution in [2.45, 2.75) is 60.8 Å². The van der Waals surface area contributed by atoms with Crippen molar-refractivity contribution < 1.29 is 4.79 Å². The average molecular weight is 486 g/mol. The number of carbonyl (C=O) groups is 1. The molecular formula is C30H35N3OS. The Balaban J connectivity index is 1.68. The van der Waals surface area contributed by atoms with Crippen LogP contribution in [0.15, 0.2) is 52.4 Å². The molecule has 35 heavy (non-hydrogen) atoms. The molecule has 0 radical (unpaired) electrons. The standard InChI is InChI=1S/C30H35N3OS/c1-18-14-19(2)27(20(3)15-18)31-29-32(9)28(34)26(35-29)17-23-16-21(4)33(22(23)5)25-12-10-24(11-13-25)30(6,7)8/h10-17H,1-9H3/b26-17-,31-29?. The summed E-state index contributed by atoms with van der Waals surface area (Å²) in [5.74, 6) is -0.0181. The van der Waals surface area contributed by atoms with Gasteiger partial charge in [0.25, 0.3) is 5.91 Å². The number of thioether (sulfide) groups is 1. The molecule has 4 nitrogen and oxygen atoms in total. The summed E-state index contributed by atoms with van der Waals surface area (Å²) in [4.78, 5) is 20.3. The number of aromatic nitrogens is 1. The second-order valence-electron chi connectivity index (χ2n) is 10.6. The lowest BCUT2D eigenvalue weighted by Gasteiger charge is -2.20. The van der Waals surface area contributed by atoms with E-state index < -0.39 is 0 Å². The lowest BCUT2D eigenvalue weighted by Crippen LogP contribution is -2.23. The Morgan fingerprint density at radius 2 is 1.51 bits per heavy atom. The van der Waals surface area contributed by atoms with Crippen LogP contribution in [0.5, 0.6) is 0 Å². The van der Waals surface area contributed by atoms with Gasteiger partial charge in [-0.3, -0.25) is 9.69 Å². The summed E-state index contributed by atoms with van der Waals surface area (Å²) in [5.41, 5.74) is 10.3. The molecule has 182 valence electrons. The highest BCUT2D eigenvalue weighted by Crippen LogP contribution is 2.36. The van der Waals surface area contributed by atoms with Crippen molar-refractivity contribution in [2.24, 2.45) is 4.99 Å². The second-order valence-corrected chi connectivity index (χ2v) is 11.6. The third-order valence-corrected chi connectivity index (χ3v) is 7.65. The Labute approximate surface area is 213 Å². The number of hydrogen-bond acceptors (Lipinski definition) is 3. The normalized spacial score (nSPS) is 16.7. The SMILES string of the molecule is Cc1cc(C)c(N=C2S/C(=C\c3cc(C)n(-c4ccc(C(C)(C)C)cc4)c3C)C(=O)N2C)c(C)c1. The van der Waals surface area contributed by atoms with Gasteiger partial charge in [0.15, 0.2) is 5.17 Å². The van der Waals surface area contributed by atoms with E-state index in [1.54, 1.807) is 11.9 Å². The molecule has 1 amide bonds. The minimum atomic E-state index is -0.0181. The maximum absolute atomic E-state index is 13.1. The second kappa shape index (κ2) is 9.19. The van der Waals surface area contributed by atoms with Crippen molar-refractivity contribution in [3.63, 3.8) is 0 Å². The van der Waals surface area contributed by atoms with E-state index >= 15 is 0 Å². The zero-order chi connectivity index (χ0) is 25.7. The maximum atomic E-state index is 13.1. The average Bonchev–Trinajstić information content (AvgIpc) is 3.19. The number of aryl methyl sites for hydroxylation is 4. The van der Waals surface area contributed by atoms with Gasteiger partial charge in [-0.2, -0.15) is 0 Å². The van der Waals surface area contributed by atoms with Crippen LogP contribution in [0.3, 0.4) is 0 Å². The minimum Gasteiger partial charge on any atom is -0.318 e. The summed E-state index contributed by atoms with van der Waals surface area (Å²) >= 11 is 1.44. The van der Waals surface area contributed by atoms with Crippen molar-refractivity contribution in [3.8, 4) is 5.69 Å². The molecule has 0 spiro atoms. The van der Waals surface area contributed by atoms with Crippen molar-refractivity contribution in [1.29, 1.82) is 0 Å². The van der Waals surface area contributed by atoms with Crippen LogP contribution in [-0.2, 0) is 10.2 Å². The molecular weight excluding hydrogens is 450 g/mol. The molecule has 3 aromatic rings. The first-order valence-corrected chi connectivity index (χ1v) is 12.8. The van der Waals surface area contributed by atoms with Crippen LogP contribution in [0.25, 0.3) is 11.8 Å². The zero-order valence-corrected chi connectivity index (χ0v) is 23.1. The lowest BCUT2D eigenvalue weighted by atomic mass is 9.87. The first kappa shape index (κ1) is 25.1. The highest BCUT2D eigenvalue weighted by Gasteiger charge is 2.31.